The summed E-state index contributed by atoms with van der Waals surface area (Å²) in [4.78, 5) is 22.7. The third kappa shape index (κ3) is 4.81. The van der Waals surface area contributed by atoms with Crippen LogP contribution in [0.15, 0.2) is 64.0 Å². The highest BCUT2D eigenvalue weighted by molar-refractivity contribution is 9.10. The molecule has 30 heavy (non-hydrogen) atoms. The molecule has 8 nitrogen and oxygen atoms in total. The number of halogens is 1. The molecule has 3 N–H and O–H groups in total. The van der Waals surface area contributed by atoms with Crippen molar-refractivity contribution in [3.63, 3.8) is 0 Å². The van der Waals surface area contributed by atoms with Crippen LogP contribution in [0.25, 0.3) is 10.4 Å². The van der Waals surface area contributed by atoms with Gasteiger partial charge in [-0.05, 0) is 45.8 Å². The molecule has 0 radical (unpaired) electrons. The van der Waals surface area contributed by atoms with Crippen LogP contribution in [0.1, 0.15) is 9.67 Å². The number of sulfonamides is 1. The second kappa shape index (κ2) is 8.86. The molecule has 0 bridgehead atoms. The molecule has 3 aromatic rings. The van der Waals surface area contributed by atoms with Gasteiger partial charge in [-0.2, -0.15) is 0 Å². The van der Waals surface area contributed by atoms with Gasteiger partial charge in [0, 0.05) is 5.69 Å². The SMILES string of the molecule is O=C(O)COc1c(C(=O)O)sc(-c2cccc(NS(=O)(=O)c3ccccc3)c2)c1Br. The molecule has 0 spiro atoms. The number of hydrogen-bond donors (Lipinski definition) is 3. The number of carbonyl (C=O) groups is 2. The van der Waals surface area contributed by atoms with Gasteiger partial charge >= 0.3 is 11.9 Å². The minimum absolute atomic E-state index is 0.0971. The minimum atomic E-state index is -3.80. The van der Waals surface area contributed by atoms with Crippen LogP contribution in [-0.2, 0) is 14.8 Å². The van der Waals surface area contributed by atoms with E-state index in [4.69, 9.17) is 9.84 Å². The van der Waals surface area contributed by atoms with E-state index in [1.54, 1.807) is 42.5 Å². The maximum absolute atomic E-state index is 12.5. The molecule has 0 fully saturated rings. The van der Waals surface area contributed by atoms with Crippen molar-refractivity contribution < 1.29 is 33.0 Å². The molecule has 1 heterocycles. The normalized spacial score (nSPS) is 11.1. The van der Waals surface area contributed by atoms with Gasteiger partial charge in [-0.25, -0.2) is 18.0 Å². The molecular weight excluding hydrogens is 498 g/mol. The third-order valence-electron chi connectivity index (χ3n) is 3.77. The van der Waals surface area contributed by atoms with E-state index in [-0.39, 0.29) is 25.7 Å². The Hall–Kier alpha value is -2.89. The van der Waals surface area contributed by atoms with Gasteiger partial charge in [-0.1, -0.05) is 30.3 Å². The smallest absolute Gasteiger partial charge is 0.349 e. The van der Waals surface area contributed by atoms with E-state index in [1.165, 1.54) is 12.1 Å². The zero-order valence-electron chi connectivity index (χ0n) is 15.0. The first-order chi connectivity index (χ1) is 14.2. The monoisotopic (exact) mass is 511 g/mol. The number of aromatic carboxylic acids is 1. The standard InChI is InChI=1S/C19H14BrNO7S2/c20-15-16(28-10-14(22)23)18(19(24)25)29-17(15)11-5-4-6-12(9-11)21-30(26,27)13-7-2-1-3-8-13/h1-9,21H,10H2,(H,22,23)(H,24,25). The molecular formula is C19H14BrNO7S2. The number of rotatable bonds is 8. The van der Waals surface area contributed by atoms with Crippen molar-refractivity contribution in [2.75, 3.05) is 11.3 Å². The van der Waals surface area contributed by atoms with Crippen LogP contribution in [0.5, 0.6) is 5.75 Å². The van der Waals surface area contributed by atoms with Crippen LogP contribution in [0, 0.1) is 0 Å². The second-order valence-electron chi connectivity index (χ2n) is 5.89. The van der Waals surface area contributed by atoms with Gasteiger partial charge < -0.3 is 14.9 Å². The lowest BCUT2D eigenvalue weighted by Crippen LogP contribution is -2.12. The van der Waals surface area contributed by atoms with E-state index < -0.39 is 28.6 Å². The summed E-state index contributed by atoms with van der Waals surface area (Å²) in [6.07, 6.45) is 0. The molecule has 2 aromatic carbocycles. The number of hydrogen-bond acceptors (Lipinski definition) is 6. The van der Waals surface area contributed by atoms with Crippen LogP contribution in [0.4, 0.5) is 5.69 Å². The van der Waals surface area contributed by atoms with Gasteiger partial charge in [0.1, 0.15) is 0 Å². The fourth-order valence-corrected chi connectivity index (χ4v) is 5.48. The average Bonchev–Trinajstić information content (AvgIpc) is 3.03. The van der Waals surface area contributed by atoms with E-state index in [2.05, 4.69) is 20.7 Å². The van der Waals surface area contributed by atoms with Gasteiger partial charge in [0.25, 0.3) is 10.0 Å². The highest BCUT2D eigenvalue weighted by Crippen LogP contribution is 2.46. The van der Waals surface area contributed by atoms with E-state index in [9.17, 15) is 23.1 Å². The van der Waals surface area contributed by atoms with Gasteiger partial charge in [0.15, 0.2) is 17.2 Å². The van der Waals surface area contributed by atoms with Crippen molar-refractivity contribution in [1.29, 1.82) is 0 Å². The van der Waals surface area contributed by atoms with Gasteiger partial charge in [-0.15, -0.1) is 11.3 Å². The Balaban J connectivity index is 1.97. The van der Waals surface area contributed by atoms with E-state index >= 15 is 0 Å². The van der Waals surface area contributed by atoms with Crippen molar-refractivity contribution in [2.45, 2.75) is 4.90 Å². The van der Waals surface area contributed by atoms with Crippen molar-refractivity contribution in [2.24, 2.45) is 0 Å². The van der Waals surface area contributed by atoms with E-state index in [0.717, 1.165) is 11.3 Å². The largest absolute Gasteiger partial charge is 0.479 e. The third-order valence-corrected chi connectivity index (χ3v) is 7.40. The molecule has 3 rings (SSSR count). The Morgan fingerprint density at radius 3 is 2.40 bits per heavy atom. The number of aliphatic carboxylic acids is 1. The molecule has 0 atom stereocenters. The van der Waals surface area contributed by atoms with E-state index in [1.807, 2.05) is 0 Å². The first-order valence-electron chi connectivity index (χ1n) is 8.27. The topological polar surface area (TPSA) is 130 Å². The Morgan fingerprint density at radius 1 is 1.07 bits per heavy atom. The number of anilines is 1. The number of nitrogens with one attached hydrogen (secondary N) is 1. The highest BCUT2D eigenvalue weighted by Gasteiger charge is 2.24. The zero-order chi connectivity index (χ0) is 21.9. The Labute approximate surface area is 183 Å². The molecule has 11 heteroatoms. The fourth-order valence-electron chi connectivity index (χ4n) is 2.52. The number of carboxylic acid groups (broad SMARTS) is 2. The number of thiophene rings is 1. The van der Waals surface area contributed by atoms with Gasteiger partial charge in [-0.3, -0.25) is 4.72 Å². The molecule has 156 valence electrons. The Kier molecular flexibility index (Phi) is 6.44. The predicted molar refractivity (Wildman–Crippen MR) is 115 cm³/mol. The average molecular weight is 512 g/mol. The fraction of sp³-hybridized carbons (Fsp3) is 0.0526. The molecule has 0 amide bonds. The molecule has 0 unspecified atom stereocenters. The highest BCUT2D eigenvalue weighted by atomic mass is 79.9. The maximum Gasteiger partial charge on any atom is 0.349 e. The van der Waals surface area contributed by atoms with Crippen molar-refractivity contribution >= 4 is 54.9 Å². The van der Waals surface area contributed by atoms with Crippen molar-refractivity contribution in [3.8, 4) is 16.2 Å². The minimum Gasteiger partial charge on any atom is -0.479 e. The van der Waals surface area contributed by atoms with Gasteiger partial charge in [0.2, 0.25) is 0 Å². The molecule has 0 aliphatic rings. The van der Waals surface area contributed by atoms with Crippen molar-refractivity contribution in [3.05, 3.63) is 63.9 Å². The Bertz CT molecular complexity index is 1210. The summed E-state index contributed by atoms with van der Waals surface area (Å²) in [7, 11) is -3.80. The summed E-state index contributed by atoms with van der Waals surface area (Å²) in [6.45, 7) is -0.702. The molecule has 0 aliphatic heterocycles. The Morgan fingerprint density at radius 2 is 1.77 bits per heavy atom. The first kappa shape index (κ1) is 21.8. The summed E-state index contributed by atoms with van der Waals surface area (Å²) in [5.74, 6) is -2.61. The molecule has 0 saturated heterocycles. The van der Waals surface area contributed by atoms with Crippen LogP contribution in [0.3, 0.4) is 0 Å². The molecule has 0 saturated carbocycles. The predicted octanol–water partition coefficient (Wildman–Crippen LogP) is 4.14. The summed E-state index contributed by atoms with van der Waals surface area (Å²) in [5, 5.41) is 18.2. The van der Waals surface area contributed by atoms with Crippen LogP contribution >= 0.6 is 27.3 Å². The zero-order valence-corrected chi connectivity index (χ0v) is 18.3. The molecule has 0 aliphatic carbocycles. The van der Waals surface area contributed by atoms with Crippen LogP contribution < -0.4 is 9.46 Å². The summed E-state index contributed by atoms with van der Waals surface area (Å²) in [5.41, 5.74) is 0.800. The number of ether oxygens (including phenoxy) is 1. The summed E-state index contributed by atoms with van der Waals surface area (Å²) >= 11 is 4.15. The maximum atomic E-state index is 12.5. The lowest BCUT2D eigenvalue weighted by atomic mass is 10.1. The first-order valence-corrected chi connectivity index (χ1v) is 11.4. The summed E-state index contributed by atoms with van der Waals surface area (Å²) in [6, 6.07) is 14.2. The van der Waals surface area contributed by atoms with Crippen LogP contribution in [0.2, 0.25) is 0 Å². The number of benzene rings is 2. The van der Waals surface area contributed by atoms with Crippen LogP contribution in [-0.4, -0.2) is 37.2 Å². The second-order valence-corrected chi connectivity index (χ2v) is 9.39. The van der Waals surface area contributed by atoms with E-state index in [0.29, 0.717) is 10.4 Å². The lowest BCUT2D eigenvalue weighted by molar-refractivity contribution is -0.139. The summed E-state index contributed by atoms with van der Waals surface area (Å²) < 4.78 is 33.0. The van der Waals surface area contributed by atoms with Crippen molar-refractivity contribution in [1.82, 2.24) is 0 Å². The quantitative estimate of drug-likeness (QED) is 0.414. The van der Waals surface area contributed by atoms with Gasteiger partial charge in [0.05, 0.1) is 14.2 Å². The lowest BCUT2D eigenvalue weighted by Gasteiger charge is -2.09. The number of carboxylic acids is 2. The molecule has 1 aromatic heterocycles.